The number of halogens is 1. The predicted octanol–water partition coefficient (Wildman–Crippen LogP) is 13.6. The summed E-state index contributed by atoms with van der Waals surface area (Å²) in [6, 6.07) is 14.8. The van der Waals surface area contributed by atoms with Gasteiger partial charge in [0.25, 0.3) is 0 Å². The Labute approximate surface area is 292 Å². The minimum atomic E-state index is -0.125. The van der Waals surface area contributed by atoms with Crippen LogP contribution in [0.5, 0.6) is 0 Å². The fourth-order valence-corrected chi connectivity index (χ4v) is 11.9. The molecule has 258 valence electrons. The summed E-state index contributed by atoms with van der Waals surface area (Å²) < 4.78 is 13.5. The molecular weight excluding hydrogens is 584 g/mol. The van der Waals surface area contributed by atoms with Crippen molar-refractivity contribution in [3.05, 3.63) is 93.8 Å². The van der Waals surface area contributed by atoms with E-state index in [0.717, 1.165) is 41.9 Å². The standard InChI is InChI=1S/C47H63F/c48-42-27-19-34(20-28-42)18-21-37-24-25-41-31-38(36-22-23-36)26-29-45(41)47(37)30-35-16-14-33(15-17-35)8-2-1-3-9-39-32-40-10-4-5-11-43(40)46-13-7-6-12-44(39)46/h14,16,19-20,26-29,31,36-37,39-40,43-44,46-47H,1-13,15,17-18,21-25,30,32H2. The lowest BCUT2D eigenvalue weighted by atomic mass is 9.54. The van der Waals surface area contributed by atoms with Crippen LogP contribution >= 0.6 is 0 Å². The average molecular weight is 647 g/mol. The largest absolute Gasteiger partial charge is 0.207 e. The van der Waals surface area contributed by atoms with E-state index in [1.807, 2.05) is 12.1 Å². The second-order valence-corrected chi connectivity index (χ2v) is 17.6. The van der Waals surface area contributed by atoms with Crippen molar-refractivity contribution in [3.63, 3.8) is 0 Å². The summed E-state index contributed by atoms with van der Waals surface area (Å²) in [5.74, 6) is 7.47. The highest BCUT2D eigenvalue weighted by Crippen LogP contribution is 2.55. The van der Waals surface area contributed by atoms with E-state index in [0.29, 0.717) is 11.8 Å². The molecule has 0 nitrogen and oxygen atoms in total. The third-order valence-corrected chi connectivity index (χ3v) is 14.7. The van der Waals surface area contributed by atoms with Crippen molar-refractivity contribution in [1.29, 1.82) is 0 Å². The molecule has 4 saturated carbocycles. The van der Waals surface area contributed by atoms with Crippen molar-refractivity contribution in [2.75, 3.05) is 0 Å². The number of hydrogen-bond acceptors (Lipinski definition) is 0. The normalized spacial score (nSPS) is 31.6. The maximum Gasteiger partial charge on any atom is 0.123 e. The number of benzene rings is 2. The Bertz CT molecular complexity index is 1420. The van der Waals surface area contributed by atoms with Crippen LogP contribution in [0.15, 0.2) is 65.8 Å². The first-order valence-corrected chi connectivity index (χ1v) is 20.9. The Morgan fingerprint density at radius 2 is 1.38 bits per heavy atom. The molecule has 0 radical (unpaired) electrons. The maximum atomic E-state index is 13.5. The Kier molecular flexibility index (Phi) is 10.6. The van der Waals surface area contributed by atoms with Gasteiger partial charge in [-0.1, -0.05) is 105 Å². The zero-order valence-corrected chi connectivity index (χ0v) is 30.0. The summed E-state index contributed by atoms with van der Waals surface area (Å²) in [5, 5.41) is 0. The molecule has 0 saturated heterocycles. The van der Waals surface area contributed by atoms with E-state index in [2.05, 4.69) is 30.4 Å². The van der Waals surface area contributed by atoms with Crippen LogP contribution in [0.3, 0.4) is 0 Å². The van der Waals surface area contributed by atoms with Gasteiger partial charge in [0.05, 0.1) is 0 Å². The molecule has 0 amide bonds. The Morgan fingerprint density at radius 3 is 2.19 bits per heavy atom. The fourth-order valence-electron chi connectivity index (χ4n) is 11.9. The average Bonchev–Trinajstić information content (AvgIpc) is 3.98. The molecule has 0 N–H and O–H groups in total. The smallest absolute Gasteiger partial charge is 0.123 e. The van der Waals surface area contributed by atoms with Gasteiger partial charge in [-0.2, -0.15) is 0 Å². The molecule has 7 atom stereocenters. The Balaban J connectivity index is 0.850. The van der Waals surface area contributed by atoms with E-state index >= 15 is 0 Å². The van der Waals surface area contributed by atoms with Crippen molar-refractivity contribution in [2.24, 2.45) is 35.5 Å². The van der Waals surface area contributed by atoms with Crippen LogP contribution in [-0.4, -0.2) is 0 Å². The molecule has 7 unspecified atom stereocenters. The van der Waals surface area contributed by atoms with Crippen LogP contribution in [-0.2, 0) is 12.8 Å². The number of hydrogen-bond donors (Lipinski definition) is 0. The molecule has 48 heavy (non-hydrogen) atoms. The number of fused-ring (bicyclic) bond motifs is 4. The number of unbranched alkanes of at least 4 members (excludes halogenated alkanes) is 2. The lowest BCUT2D eigenvalue weighted by Crippen LogP contribution is -2.43. The van der Waals surface area contributed by atoms with Gasteiger partial charge in [-0.3, -0.25) is 0 Å². The van der Waals surface area contributed by atoms with Gasteiger partial charge in [0.2, 0.25) is 0 Å². The van der Waals surface area contributed by atoms with Crippen molar-refractivity contribution in [2.45, 2.75) is 160 Å². The second-order valence-electron chi connectivity index (χ2n) is 17.6. The zero-order chi connectivity index (χ0) is 32.3. The molecule has 6 aliphatic carbocycles. The van der Waals surface area contributed by atoms with E-state index in [-0.39, 0.29) is 5.82 Å². The molecule has 1 heteroatoms. The van der Waals surface area contributed by atoms with Gasteiger partial charge in [-0.25, -0.2) is 4.39 Å². The molecule has 0 aliphatic heterocycles. The molecule has 2 aromatic carbocycles. The zero-order valence-electron chi connectivity index (χ0n) is 30.0. The third kappa shape index (κ3) is 7.76. The highest BCUT2D eigenvalue weighted by atomic mass is 19.1. The number of aryl methyl sites for hydroxylation is 2. The first-order chi connectivity index (χ1) is 23.7. The quantitative estimate of drug-likeness (QED) is 0.201. The molecule has 4 fully saturated rings. The van der Waals surface area contributed by atoms with Crippen molar-refractivity contribution >= 4 is 0 Å². The van der Waals surface area contributed by atoms with Crippen LogP contribution in [0, 0.1) is 41.3 Å². The van der Waals surface area contributed by atoms with E-state index in [4.69, 9.17) is 0 Å². The van der Waals surface area contributed by atoms with E-state index in [9.17, 15) is 4.39 Å². The molecule has 0 heterocycles. The summed E-state index contributed by atoms with van der Waals surface area (Å²) in [7, 11) is 0. The Hall–Kier alpha value is -2.15. The highest BCUT2D eigenvalue weighted by Gasteiger charge is 2.45. The minimum absolute atomic E-state index is 0.125. The van der Waals surface area contributed by atoms with Gasteiger partial charge in [0.15, 0.2) is 0 Å². The second kappa shape index (κ2) is 15.4. The minimum Gasteiger partial charge on any atom is -0.207 e. The topological polar surface area (TPSA) is 0 Å². The van der Waals surface area contributed by atoms with Crippen molar-refractivity contribution < 1.29 is 4.39 Å². The van der Waals surface area contributed by atoms with Crippen LogP contribution in [0.4, 0.5) is 4.39 Å². The van der Waals surface area contributed by atoms with Gasteiger partial charge in [0, 0.05) is 0 Å². The monoisotopic (exact) mass is 646 g/mol. The first-order valence-electron chi connectivity index (χ1n) is 20.9. The van der Waals surface area contributed by atoms with Gasteiger partial charge in [-0.05, 0) is 178 Å². The molecule has 0 bridgehead atoms. The van der Waals surface area contributed by atoms with Crippen LogP contribution in [0.1, 0.15) is 169 Å². The van der Waals surface area contributed by atoms with Crippen LogP contribution < -0.4 is 0 Å². The molecule has 2 aromatic rings. The van der Waals surface area contributed by atoms with Gasteiger partial charge in [-0.15, -0.1) is 0 Å². The van der Waals surface area contributed by atoms with Gasteiger partial charge in [0.1, 0.15) is 5.82 Å². The maximum absolute atomic E-state index is 13.5. The van der Waals surface area contributed by atoms with E-state index < -0.39 is 0 Å². The van der Waals surface area contributed by atoms with Crippen LogP contribution in [0.2, 0.25) is 0 Å². The van der Waals surface area contributed by atoms with Gasteiger partial charge < -0.3 is 0 Å². The number of rotatable bonds is 12. The van der Waals surface area contributed by atoms with Crippen molar-refractivity contribution in [3.8, 4) is 0 Å². The lowest BCUT2D eigenvalue weighted by Gasteiger charge is -2.52. The molecular formula is C47H63F. The van der Waals surface area contributed by atoms with Gasteiger partial charge >= 0.3 is 0 Å². The summed E-state index contributed by atoms with van der Waals surface area (Å²) >= 11 is 0. The highest BCUT2D eigenvalue weighted by molar-refractivity contribution is 5.41. The SMILES string of the molecule is Fc1ccc(CCC2CCc3cc(C4CC4)ccc3C2CC2=CC=C(CCCCCC3CC4CCCCC4C4CCCCC34)CC2)cc1. The molecule has 0 spiro atoms. The van der Waals surface area contributed by atoms with Crippen LogP contribution in [0.25, 0.3) is 0 Å². The number of allylic oxidation sites excluding steroid dienone is 4. The Morgan fingerprint density at radius 1 is 0.604 bits per heavy atom. The summed E-state index contributed by atoms with van der Waals surface area (Å²) in [5.41, 5.74) is 9.54. The molecule has 0 aromatic heterocycles. The summed E-state index contributed by atoms with van der Waals surface area (Å²) in [6.45, 7) is 0. The fraction of sp³-hybridized carbons (Fsp3) is 0.660. The van der Waals surface area contributed by atoms with E-state index in [1.165, 1.54) is 115 Å². The summed E-state index contributed by atoms with van der Waals surface area (Å²) in [4.78, 5) is 0. The third-order valence-electron chi connectivity index (χ3n) is 14.7. The predicted molar refractivity (Wildman–Crippen MR) is 200 cm³/mol. The van der Waals surface area contributed by atoms with E-state index in [1.54, 1.807) is 72.1 Å². The first kappa shape index (κ1) is 33.0. The lowest BCUT2D eigenvalue weighted by molar-refractivity contribution is -0.0180. The summed E-state index contributed by atoms with van der Waals surface area (Å²) in [6.07, 6.45) is 37.5. The van der Waals surface area contributed by atoms with Crippen molar-refractivity contribution in [1.82, 2.24) is 0 Å². The molecule has 8 rings (SSSR count). The molecule has 6 aliphatic rings.